The Morgan fingerprint density at radius 1 is 1.15 bits per heavy atom. The highest BCUT2D eigenvalue weighted by Crippen LogP contribution is 2.44. The average Bonchev–Trinajstić information content (AvgIpc) is 3.22. The second-order valence-corrected chi connectivity index (χ2v) is 11.0. The van der Waals surface area contributed by atoms with E-state index >= 15 is 0 Å². The Morgan fingerprint density at radius 3 is 2.44 bits per heavy atom. The van der Waals surface area contributed by atoms with Gasteiger partial charge in [0.2, 0.25) is 0 Å². The van der Waals surface area contributed by atoms with Crippen LogP contribution in [-0.4, -0.2) is 47.0 Å². The Labute approximate surface area is 229 Å². The van der Waals surface area contributed by atoms with Gasteiger partial charge in [-0.25, -0.2) is 5.84 Å². The number of nitrogens with two attached hydrogens (primary N) is 2. The zero-order chi connectivity index (χ0) is 27.9. The van der Waals surface area contributed by atoms with Gasteiger partial charge in [0.05, 0.1) is 46.4 Å². The van der Waals surface area contributed by atoms with E-state index in [4.69, 9.17) is 26.0 Å². The number of nitrogens with zero attached hydrogens (tertiary/aromatic N) is 3. The lowest BCUT2D eigenvalue weighted by Crippen LogP contribution is -2.27. The van der Waals surface area contributed by atoms with E-state index < -0.39 is 5.60 Å². The molecule has 0 aliphatic carbocycles. The molecule has 1 aliphatic heterocycles. The highest BCUT2D eigenvalue weighted by Gasteiger charge is 2.32. The zero-order valence-corrected chi connectivity index (χ0v) is 23.4. The number of pyridine rings is 1. The molecule has 2 aromatic carbocycles. The number of allylic oxidation sites excluding steroid dienone is 1. The molecule has 4 aromatic rings. The van der Waals surface area contributed by atoms with E-state index in [2.05, 4.69) is 41.0 Å². The number of aliphatic hydroxyl groups is 1. The average molecular weight is 530 g/mol. The van der Waals surface area contributed by atoms with Crippen LogP contribution in [0.4, 0.5) is 0 Å². The van der Waals surface area contributed by atoms with Crippen molar-refractivity contribution < 1.29 is 14.6 Å². The quantitative estimate of drug-likeness (QED) is 0.231. The number of aromatic nitrogens is 2. The van der Waals surface area contributed by atoms with Crippen LogP contribution in [0.3, 0.4) is 0 Å². The topological polar surface area (TPSA) is 112 Å². The number of hydrogen-bond donors (Lipinski definition) is 3. The van der Waals surface area contributed by atoms with E-state index in [0.29, 0.717) is 23.1 Å². The summed E-state index contributed by atoms with van der Waals surface area (Å²) in [6, 6.07) is 16.7. The van der Waals surface area contributed by atoms with Crippen LogP contribution < -0.4 is 16.3 Å². The van der Waals surface area contributed by atoms with Gasteiger partial charge in [0.1, 0.15) is 5.75 Å². The summed E-state index contributed by atoms with van der Waals surface area (Å²) in [4.78, 5) is 4.98. The second-order valence-electron chi connectivity index (χ2n) is 11.0. The van der Waals surface area contributed by atoms with Gasteiger partial charge in [-0.3, -0.25) is 4.98 Å². The molecule has 5 N–H and O–H groups in total. The molecular formula is C31H39N5O3. The maximum Gasteiger partial charge on any atom is 0.130 e. The summed E-state index contributed by atoms with van der Waals surface area (Å²) in [5, 5.41) is 13.5. The van der Waals surface area contributed by atoms with Crippen LogP contribution in [-0.2, 0) is 10.3 Å². The van der Waals surface area contributed by atoms with E-state index in [1.54, 1.807) is 28.0 Å². The van der Waals surface area contributed by atoms with Crippen molar-refractivity contribution in [2.75, 3.05) is 27.4 Å². The summed E-state index contributed by atoms with van der Waals surface area (Å²) in [6.45, 7) is 6.88. The normalized spacial score (nSPS) is 16.4. The molecule has 0 spiro atoms. The minimum atomic E-state index is -1.06. The van der Waals surface area contributed by atoms with Gasteiger partial charge >= 0.3 is 0 Å². The Kier molecular flexibility index (Phi) is 7.29. The fourth-order valence-electron chi connectivity index (χ4n) is 5.95. The van der Waals surface area contributed by atoms with Crippen LogP contribution in [0.25, 0.3) is 27.6 Å². The number of benzene rings is 2. The number of ether oxygens (including phenoxy) is 2. The number of hydrogen-bond acceptors (Lipinski definition) is 7. The molecule has 8 nitrogen and oxygen atoms in total. The van der Waals surface area contributed by atoms with Gasteiger partial charge in [-0.2, -0.15) is 0 Å². The van der Waals surface area contributed by atoms with Crippen molar-refractivity contribution in [3.05, 3.63) is 77.1 Å². The van der Waals surface area contributed by atoms with Crippen molar-refractivity contribution >= 4 is 27.6 Å². The number of hydrazine groups is 1. The molecule has 8 heteroatoms. The first kappa shape index (κ1) is 27.0. The van der Waals surface area contributed by atoms with Gasteiger partial charge in [-0.15, -0.1) is 0 Å². The van der Waals surface area contributed by atoms with Gasteiger partial charge in [0, 0.05) is 37.7 Å². The molecular weight excluding hydrogens is 490 g/mol. The smallest absolute Gasteiger partial charge is 0.130 e. The Hall–Kier alpha value is -3.59. The maximum absolute atomic E-state index is 11.0. The summed E-state index contributed by atoms with van der Waals surface area (Å²) in [5.74, 6) is 7.22. The first-order valence-electron chi connectivity index (χ1n) is 13.4. The molecule has 1 saturated heterocycles. The molecule has 0 amide bonds. The first-order valence-corrected chi connectivity index (χ1v) is 13.4. The zero-order valence-electron chi connectivity index (χ0n) is 23.4. The molecule has 1 aliphatic rings. The molecule has 0 radical (unpaired) electrons. The predicted molar refractivity (Wildman–Crippen MR) is 156 cm³/mol. The second kappa shape index (κ2) is 10.5. The van der Waals surface area contributed by atoms with Crippen molar-refractivity contribution in [1.82, 2.24) is 14.6 Å². The number of methoxy groups -OCH3 is 1. The SMILES string of the molecule is COc1cc(C(C)(C)O)cc2c1c1ncc(/C(=C(\C)N)N(C)N)cc1n2C(c1ccccc1)C1CCOCC1. The lowest BCUT2D eigenvalue weighted by molar-refractivity contribution is 0.0552. The van der Waals surface area contributed by atoms with Gasteiger partial charge in [-0.1, -0.05) is 30.3 Å². The lowest BCUT2D eigenvalue weighted by atomic mass is 9.86. The minimum Gasteiger partial charge on any atom is -0.496 e. The molecule has 0 bridgehead atoms. The van der Waals surface area contributed by atoms with Crippen LogP contribution in [0.15, 0.2) is 60.4 Å². The third kappa shape index (κ3) is 4.95. The molecule has 39 heavy (non-hydrogen) atoms. The molecule has 0 saturated carbocycles. The van der Waals surface area contributed by atoms with Gasteiger partial charge in [0.25, 0.3) is 0 Å². The highest BCUT2D eigenvalue weighted by atomic mass is 16.5. The molecule has 2 aromatic heterocycles. The third-order valence-electron chi connectivity index (χ3n) is 7.76. The van der Waals surface area contributed by atoms with E-state index in [1.807, 2.05) is 25.3 Å². The van der Waals surface area contributed by atoms with Crippen molar-refractivity contribution in [3.63, 3.8) is 0 Å². The molecule has 1 fully saturated rings. The molecule has 5 rings (SSSR count). The lowest BCUT2D eigenvalue weighted by Gasteiger charge is -2.33. The molecule has 206 valence electrons. The fourth-order valence-corrected chi connectivity index (χ4v) is 5.95. The minimum absolute atomic E-state index is 0.0101. The largest absolute Gasteiger partial charge is 0.496 e. The summed E-state index contributed by atoms with van der Waals surface area (Å²) in [5.41, 5.74) is 12.1. The summed E-state index contributed by atoms with van der Waals surface area (Å²) in [6.07, 6.45) is 3.69. The third-order valence-corrected chi connectivity index (χ3v) is 7.76. The summed E-state index contributed by atoms with van der Waals surface area (Å²) < 4.78 is 14.1. The van der Waals surface area contributed by atoms with Crippen molar-refractivity contribution in [3.8, 4) is 5.75 Å². The van der Waals surface area contributed by atoms with E-state index in [1.165, 1.54) is 10.6 Å². The summed E-state index contributed by atoms with van der Waals surface area (Å²) >= 11 is 0. The number of rotatable bonds is 7. The highest BCUT2D eigenvalue weighted by molar-refractivity contribution is 6.10. The van der Waals surface area contributed by atoms with Gasteiger partial charge in [-0.05, 0) is 68.9 Å². The van der Waals surface area contributed by atoms with Crippen molar-refractivity contribution in [2.24, 2.45) is 17.5 Å². The van der Waals surface area contributed by atoms with Crippen molar-refractivity contribution in [1.29, 1.82) is 0 Å². The predicted octanol–water partition coefficient (Wildman–Crippen LogP) is 4.89. The van der Waals surface area contributed by atoms with Crippen LogP contribution in [0.2, 0.25) is 0 Å². The Morgan fingerprint density at radius 2 is 1.85 bits per heavy atom. The standard InChI is InChI=1S/C31H39N5O3/c1-19(32)29(35(4)33)22-15-25-28(34-18-22)27-24(16-23(31(2,3)37)17-26(27)38-5)36(25)30(20-9-7-6-8-10-20)21-11-13-39-14-12-21/h6-10,15-18,21,30,37H,11-14,32-33H2,1-5H3/b29-19-. The monoisotopic (exact) mass is 529 g/mol. The van der Waals surface area contributed by atoms with E-state index in [9.17, 15) is 5.11 Å². The van der Waals surface area contributed by atoms with Crippen LogP contribution in [0.1, 0.15) is 56.3 Å². The van der Waals surface area contributed by atoms with Crippen molar-refractivity contribution in [2.45, 2.75) is 45.3 Å². The van der Waals surface area contributed by atoms with E-state index in [-0.39, 0.29) is 6.04 Å². The molecule has 1 atom stereocenters. The Bertz CT molecular complexity index is 1510. The van der Waals surface area contributed by atoms with Crippen LogP contribution in [0.5, 0.6) is 5.75 Å². The van der Waals surface area contributed by atoms with Crippen LogP contribution >= 0.6 is 0 Å². The molecule has 1 unspecified atom stereocenters. The van der Waals surface area contributed by atoms with Gasteiger partial charge in [0.15, 0.2) is 0 Å². The fraction of sp³-hybridized carbons (Fsp3) is 0.387. The van der Waals surface area contributed by atoms with E-state index in [0.717, 1.165) is 59.1 Å². The summed E-state index contributed by atoms with van der Waals surface area (Å²) in [7, 11) is 3.44. The first-order chi connectivity index (χ1) is 18.6. The van der Waals surface area contributed by atoms with Crippen LogP contribution in [0, 0.1) is 5.92 Å². The molecule has 3 heterocycles. The maximum atomic E-state index is 11.0. The number of fused-ring (bicyclic) bond motifs is 3. The van der Waals surface area contributed by atoms with Gasteiger partial charge < -0.3 is 29.9 Å². The Balaban J connectivity index is 1.93.